The molecule has 1 aliphatic carbocycles. The fraction of sp³-hybridized carbons (Fsp3) is 0.484. The second kappa shape index (κ2) is 13.2. The molecule has 0 radical (unpaired) electrons. The molecule has 2 N–H and O–H groups in total. The van der Waals surface area contributed by atoms with E-state index in [1.807, 2.05) is 24.8 Å². The summed E-state index contributed by atoms with van der Waals surface area (Å²) in [5, 5.41) is 14.0. The van der Waals surface area contributed by atoms with Crippen LogP contribution in [-0.2, 0) is 20.2 Å². The lowest BCUT2D eigenvalue weighted by Gasteiger charge is -2.34. The minimum absolute atomic E-state index is 0.0149. The molecular weight excluding hydrogens is 617 g/mol. The first kappa shape index (κ1) is 33.3. The van der Waals surface area contributed by atoms with E-state index in [9.17, 15) is 18.5 Å². The lowest BCUT2D eigenvalue weighted by molar-refractivity contribution is -0.127. The third-order valence-corrected chi connectivity index (χ3v) is 9.92. The Morgan fingerprint density at radius 3 is 2.37 bits per heavy atom. The molecule has 1 saturated heterocycles. The highest BCUT2D eigenvalue weighted by molar-refractivity contribution is 7.88. The van der Waals surface area contributed by atoms with E-state index in [0.29, 0.717) is 25.7 Å². The van der Waals surface area contributed by atoms with Gasteiger partial charge in [-0.2, -0.15) is 5.26 Å². The zero-order valence-electron chi connectivity index (χ0n) is 24.5. The Labute approximate surface area is 262 Å². The molecule has 232 valence electrons. The Bertz CT molecular complexity index is 1550. The summed E-state index contributed by atoms with van der Waals surface area (Å²) in [6.07, 6.45) is 5.15. The SMILES string of the molecule is CC(C)=CCN1C(C)[C@](C#N)(c2ccc(Cl)cc2F)[C@@H](c2cccc(Cl)c2F)[C@@H]1C(=O)N[C@H]1CC[C@H](NS(C)(=O)=O)CC1. The van der Waals surface area contributed by atoms with Crippen LogP contribution in [0.2, 0.25) is 10.0 Å². The number of halogens is 4. The van der Waals surface area contributed by atoms with Gasteiger partial charge in [0.25, 0.3) is 0 Å². The summed E-state index contributed by atoms with van der Waals surface area (Å²) in [7, 11) is -3.36. The van der Waals surface area contributed by atoms with Crippen molar-refractivity contribution in [3.63, 3.8) is 0 Å². The molecule has 43 heavy (non-hydrogen) atoms. The van der Waals surface area contributed by atoms with Crippen LogP contribution in [0, 0.1) is 23.0 Å². The van der Waals surface area contributed by atoms with Crippen molar-refractivity contribution < 1.29 is 22.0 Å². The molecule has 1 aliphatic heterocycles. The van der Waals surface area contributed by atoms with Gasteiger partial charge in [-0.25, -0.2) is 21.9 Å². The Hall–Kier alpha value is -2.55. The number of nitriles is 1. The van der Waals surface area contributed by atoms with Crippen LogP contribution in [-0.4, -0.2) is 56.2 Å². The number of rotatable bonds is 8. The van der Waals surface area contributed by atoms with Gasteiger partial charge in [-0.3, -0.25) is 9.69 Å². The third-order valence-electron chi connectivity index (χ3n) is 8.63. The van der Waals surface area contributed by atoms with Gasteiger partial charge in [-0.1, -0.05) is 53.1 Å². The van der Waals surface area contributed by atoms with Crippen molar-refractivity contribution in [1.29, 1.82) is 5.26 Å². The molecule has 1 unspecified atom stereocenters. The molecule has 4 rings (SSSR count). The van der Waals surface area contributed by atoms with Crippen molar-refractivity contribution in [3.05, 3.63) is 80.9 Å². The number of hydrogen-bond acceptors (Lipinski definition) is 5. The first-order valence-electron chi connectivity index (χ1n) is 14.2. The lowest BCUT2D eigenvalue weighted by Crippen LogP contribution is -2.51. The zero-order chi connectivity index (χ0) is 31.7. The van der Waals surface area contributed by atoms with Gasteiger partial charge in [-0.15, -0.1) is 0 Å². The maximum Gasteiger partial charge on any atom is 0.238 e. The van der Waals surface area contributed by atoms with Gasteiger partial charge in [0.2, 0.25) is 15.9 Å². The summed E-state index contributed by atoms with van der Waals surface area (Å²) in [6, 6.07) is 8.49. The van der Waals surface area contributed by atoms with E-state index in [4.69, 9.17) is 23.2 Å². The van der Waals surface area contributed by atoms with E-state index in [0.717, 1.165) is 17.9 Å². The van der Waals surface area contributed by atoms with Gasteiger partial charge in [0.1, 0.15) is 17.0 Å². The number of sulfonamides is 1. The molecule has 2 aromatic carbocycles. The van der Waals surface area contributed by atoms with Gasteiger partial charge in [0, 0.05) is 41.2 Å². The van der Waals surface area contributed by atoms with Gasteiger partial charge in [-0.05, 0) is 70.2 Å². The monoisotopic (exact) mass is 652 g/mol. The summed E-state index contributed by atoms with van der Waals surface area (Å²) < 4.78 is 57.6. The number of carbonyl (C=O) groups excluding carboxylic acids is 1. The minimum atomic E-state index is -3.36. The summed E-state index contributed by atoms with van der Waals surface area (Å²) in [5.74, 6) is -3.07. The van der Waals surface area contributed by atoms with Crippen molar-refractivity contribution in [3.8, 4) is 6.07 Å². The Kier molecular flexibility index (Phi) is 10.2. The average molecular weight is 654 g/mol. The minimum Gasteiger partial charge on any atom is -0.352 e. The number of carbonyl (C=O) groups is 1. The molecule has 0 aromatic heterocycles. The summed E-state index contributed by atoms with van der Waals surface area (Å²) in [5.41, 5.74) is -0.674. The van der Waals surface area contributed by atoms with Crippen LogP contribution in [0.4, 0.5) is 8.78 Å². The smallest absolute Gasteiger partial charge is 0.238 e. The quantitative estimate of drug-likeness (QED) is 0.349. The number of allylic oxidation sites excluding steroid dienone is 1. The number of nitrogens with one attached hydrogen (secondary N) is 2. The summed E-state index contributed by atoms with van der Waals surface area (Å²) in [6.45, 7) is 5.82. The maximum atomic E-state index is 15.9. The fourth-order valence-electron chi connectivity index (χ4n) is 6.63. The molecule has 0 bridgehead atoms. The van der Waals surface area contributed by atoms with Crippen LogP contribution in [0.5, 0.6) is 0 Å². The van der Waals surface area contributed by atoms with Crippen LogP contribution >= 0.6 is 23.2 Å². The molecule has 2 aliphatic rings. The summed E-state index contributed by atoms with van der Waals surface area (Å²) >= 11 is 12.3. The predicted octanol–water partition coefficient (Wildman–Crippen LogP) is 5.83. The van der Waals surface area contributed by atoms with Gasteiger partial charge >= 0.3 is 0 Å². The van der Waals surface area contributed by atoms with E-state index in [2.05, 4.69) is 16.1 Å². The van der Waals surface area contributed by atoms with E-state index >= 15 is 8.78 Å². The van der Waals surface area contributed by atoms with E-state index in [-0.39, 0.29) is 39.8 Å². The first-order valence-corrected chi connectivity index (χ1v) is 16.8. The zero-order valence-corrected chi connectivity index (χ0v) is 26.8. The Balaban J connectivity index is 1.83. The molecule has 12 heteroatoms. The average Bonchev–Trinajstić information content (AvgIpc) is 3.17. The van der Waals surface area contributed by atoms with Crippen molar-refractivity contribution in [2.45, 2.75) is 82.0 Å². The Morgan fingerprint density at radius 1 is 1.14 bits per heavy atom. The van der Waals surface area contributed by atoms with Crippen molar-refractivity contribution in [1.82, 2.24) is 14.9 Å². The van der Waals surface area contributed by atoms with Crippen LogP contribution in [0.3, 0.4) is 0 Å². The van der Waals surface area contributed by atoms with E-state index < -0.39 is 51.0 Å². The van der Waals surface area contributed by atoms with Crippen molar-refractivity contribution in [2.24, 2.45) is 0 Å². The molecular formula is C31H36Cl2F2N4O3S. The molecule has 4 atom stereocenters. The van der Waals surface area contributed by atoms with Crippen LogP contribution in [0.1, 0.15) is 63.5 Å². The second-order valence-electron chi connectivity index (χ2n) is 11.8. The molecule has 7 nitrogen and oxygen atoms in total. The lowest BCUT2D eigenvalue weighted by atomic mass is 9.65. The molecule has 2 aromatic rings. The number of hydrogen-bond donors (Lipinski definition) is 2. The topological polar surface area (TPSA) is 102 Å². The largest absolute Gasteiger partial charge is 0.352 e. The van der Waals surface area contributed by atoms with Gasteiger partial charge in [0.15, 0.2) is 0 Å². The van der Waals surface area contributed by atoms with E-state index in [1.165, 1.54) is 24.3 Å². The molecule has 0 spiro atoms. The molecule has 1 amide bonds. The third kappa shape index (κ3) is 6.91. The fourth-order valence-corrected chi connectivity index (χ4v) is 7.81. The Morgan fingerprint density at radius 2 is 1.79 bits per heavy atom. The standard InChI is InChI=1S/C31H36Cl2F2N4O3S/c1-18(2)14-15-39-19(3)31(17-36,24-13-8-20(32)16-26(24)34)27(23-6-5-7-25(33)28(23)35)29(39)30(40)37-21-9-11-22(12-10-21)38-43(4,41)42/h5-8,13-14,16,19,21-22,27,29,38H,9-12,15H2,1-4H3,(H,37,40)/t19?,21-,22-,27-,29+,31+/m0/s1. The molecule has 2 fully saturated rings. The normalized spacial score (nSPS) is 27.8. The van der Waals surface area contributed by atoms with Crippen LogP contribution in [0.15, 0.2) is 48.0 Å². The molecule has 1 heterocycles. The number of nitrogens with zero attached hydrogens (tertiary/aromatic N) is 2. The highest BCUT2D eigenvalue weighted by Gasteiger charge is 2.63. The number of amides is 1. The van der Waals surface area contributed by atoms with E-state index in [1.54, 1.807) is 13.0 Å². The number of likely N-dealkylation sites (tertiary alicyclic amines) is 1. The highest BCUT2D eigenvalue weighted by Crippen LogP contribution is 2.54. The second-order valence-corrected chi connectivity index (χ2v) is 14.4. The van der Waals surface area contributed by atoms with Gasteiger partial charge in [0.05, 0.1) is 23.4 Å². The first-order chi connectivity index (χ1) is 20.2. The van der Waals surface area contributed by atoms with Gasteiger partial charge < -0.3 is 5.32 Å². The van der Waals surface area contributed by atoms with Crippen molar-refractivity contribution in [2.75, 3.05) is 12.8 Å². The maximum absolute atomic E-state index is 15.9. The predicted molar refractivity (Wildman–Crippen MR) is 164 cm³/mol. The summed E-state index contributed by atoms with van der Waals surface area (Å²) in [4.78, 5) is 16.1. The number of benzene rings is 2. The van der Waals surface area contributed by atoms with Crippen molar-refractivity contribution >= 4 is 39.1 Å². The highest BCUT2D eigenvalue weighted by atomic mass is 35.5. The van der Waals surface area contributed by atoms with Crippen LogP contribution < -0.4 is 10.0 Å². The van der Waals surface area contributed by atoms with Crippen LogP contribution in [0.25, 0.3) is 0 Å². The molecule has 1 saturated carbocycles.